The highest BCUT2D eigenvalue weighted by Crippen LogP contribution is 2.62. The number of methoxy groups -OCH3 is 1. The van der Waals surface area contributed by atoms with E-state index in [-0.39, 0.29) is 70.4 Å². The van der Waals surface area contributed by atoms with E-state index in [1.54, 1.807) is 11.0 Å². The van der Waals surface area contributed by atoms with Gasteiger partial charge in [0.2, 0.25) is 5.79 Å². The van der Waals surface area contributed by atoms with Crippen molar-refractivity contribution in [3.8, 4) is 17.2 Å². The number of rotatable bonds is 20. The lowest BCUT2D eigenvalue weighted by Crippen LogP contribution is -2.70. The molecule has 3 aromatic carbocycles. The highest BCUT2D eigenvalue weighted by atomic mass is 16.7. The van der Waals surface area contributed by atoms with E-state index >= 15 is 0 Å². The first-order chi connectivity index (χ1) is 27.4. The molecule has 12 heteroatoms. The molecule has 0 saturated heterocycles. The summed E-state index contributed by atoms with van der Waals surface area (Å²) in [7, 11) is 2.85. The summed E-state index contributed by atoms with van der Waals surface area (Å²) >= 11 is 0. The van der Waals surface area contributed by atoms with Crippen LogP contribution < -0.4 is 9.47 Å². The number of nitrogens with zero attached hydrogens (tertiary/aromatic N) is 2. The standard InChI is InChI=1S/C44H56N2O10/c1-4-23-54-44-40(46(43(50)51-2)19-24-53-25-22-49)29-38(45-52-3)36-27-32(13-7-9-20-47)35(14-8-10-21-48)41(42(36)44)37-28-34(17-18-39(37)56-44)55-33-16-15-30-11-5-6-12-31(30)26-33/h4-6,11-12,15-18,26-28,32,35,40-42,47-49H,1,7-10,13-14,19-25,29H2,2-3H3. The van der Waals surface area contributed by atoms with Gasteiger partial charge in [0.1, 0.15) is 30.4 Å². The van der Waals surface area contributed by atoms with Crippen LogP contribution in [0, 0.1) is 17.8 Å². The summed E-state index contributed by atoms with van der Waals surface area (Å²) in [4.78, 5) is 20.9. The van der Waals surface area contributed by atoms with Gasteiger partial charge in [-0.1, -0.05) is 60.5 Å². The van der Waals surface area contributed by atoms with Crippen molar-refractivity contribution in [1.82, 2.24) is 4.90 Å². The number of hydrogen-bond acceptors (Lipinski definition) is 11. The number of hydrogen-bond donors (Lipinski definition) is 3. The largest absolute Gasteiger partial charge is 0.459 e. The summed E-state index contributed by atoms with van der Waals surface area (Å²) in [6, 6.07) is 19.3. The van der Waals surface area contributed by atoms with Gasteiger partial charge in [-0.3, -0.25) is 4.90 Å². The lowest BCUT2D eigenvalue weighted by molar-refractivity contribution is -0.255. The first-order valence-corrected chi connectivity index (χ1v) is 19.7. The van der Waals surface area contributed by atoms with Crippen LogP contribution in [-0.2, 0) is 19.0 Å². The van der Waals surface area contributed by atoms with Crippen LogP contribution in [0.2, 0.25) is 0 Å². The third-order valence-electron chi connectivity index (χ3n) is 11.3. The second-order valence-electron chi connectivity index (χ2n) is 14.6. The van der Waals surface area contributed by atoms with Gasteiger partial charge in [0.15, 0.2) is 0 Å². The quantitative estimate of drug-likeness (QED) is 0.0625. The SMILES string of the molecule is C=CCOC12Oc3ccc(Oc4ccc5ccccc5c4)cc3C3C(CCCCO)C(CCCCO)C=C(C(=NOC)CC1N(CCOCCO)C(=O)OC)C32. The number of fused-ring (bicyclic) bond motifs is 3. The van der Waals surface area contributed by atoms with E-state index in [1.165, 1.54) is 14.2 Å². The Morgan fingerprint density at radius 3 is 2.43 bits per heavy atom. The van der Waals surface area contributed by atoms with Crippen LogP contribution in [0.15, 0.2) is 90.1 Å². The van der Waals surface area contributed by atoms with Gasteiger partial charge in [0, 0.05) is 37.7 Å². The third-order valence-corrected chi connectivity index (χ3v) is 11.3. The molecule has 3 aromatic rings. The minimum absolute atomic E-state index is 0.0567. The molecule has 3 aliphatic rings. The lowest BCUT2D eigenvalue weighted by Gasteiger charge is -2.59. The highest BCUT2D eigenvalue weighted by Gasteiger charge is 2.65. The zero-order valence-electron chi connectivity index (χ0n) is 32.5. The average molecular weight is 773 g/mol. The molecule has 0 spiro atoms. The fourth-order valence-electron chi connectivity index (χ4n) is 9.01. The number of ether oxygens (including phenoxy) is 5. The fraction of sp³-hybridized carbons (Fsp3) is 0.500. The molecule has 3 N–H and O–H groups in total. The van der Waals surface area contributed by atoms with Gasteiger partial charge >= 0.3 is 6.09 Å². The Bertz CT molecular complexity index is 1850. The van der Waals surface area contributed by atoms with E-state index in [9.17, 15) is 20.1 Å². The molecular formula is C44H56N2O10. The summed E-state index contributed by atoms with van der Waals surface area (Å²) in [6.45, 7) is 4.54. The maximum atomic E-state index is 13.8. The number of unbranched alkanes of at least 4 members (excludes halogenated alkanes) is 2. The van der Waals surface area contributed by atoms with Gasteiger partial charge in [0.05, 0.1) is 45.2 Å². The van der Waals surface area contributed by atoms with Gasteiger partial charge in [0.25, 0.3) is 0 Å². The lowest BCUT2D eigenvalue weighted by atomic mass is 9.55. The second kappa shape index (κ2) is 19.6. The number of aliphatic hydroxyl groups excluding tert-OH is 3. The van der Waals surface area contributed by atoms with E-state index < -0.39 is 23.8 Å². The maximum absolute atomic E-state index is 13.8. The van der Waals surface area contributed by atoms with Crippen molar-refractivity contribution in [2.75, 3.05) is 60.4 Å². The zero-order chi connectivity index (χ0) is 39.5. The minimum atomic E-state index is -1.43. The van der Waals surface area contributed by atoms with Crippen LogP contribution in [0.25, 0.3) is 10.8 Å². The van der Waals surface area contributed by atoms with Gasteiger partial charge in [-0.05, 0) is 84.2 Å². The highest BCUT2D eigenvalue weighted by molar-refractivity contribution is 6.03. The Kier molecular flexibility index (Phi) is 14.4. The summed E-state index contributed by atoms with van der Waals surface area (Å²) < 4.78 is 31.7. The van der Waals surface area contributed by atoms with Crippen LogP contribution in [-0.4, -0.2) is 104 Å². The predicted octanol–water partition coefficient (Wildman–Crippen LogP) is 6.97. The van der Waals surface area contributed by atoms with E-state index in [1.807, 2.05) is 42.5 Å². The monoisotopic (exact) mass is 772 g/mol. The molecule has 6 atom stereocenters. The Hall–Kier alpha value is -4.46. The topological polar surface area (TPSA) is 149 Å². The molecule has 302 valence electrons. The van der Waals surface area contributed by atoms with Crippen molar-refractivity contribution in [3.63, 3.8) is 0 Å². The summed E-state index contributed by atoms with van der Waals surface area (Å²) in [5.74, 6) is 0.00404. The summed E-state index contributed by atoms with van der Waals surface area (Å²) in [6.07, 6.45) is 8.21. The van der Waals surface area contributed by atoms with Gasteiger partial charge in [-0.2, -0.15) is 0 Å². The van der Waals surface area contributed by atoms with E-state index in [4.69, 9.17) is 28.5 Å². The number of amides is 1. The predicted molar refractivity (Wildman–Crippen MR) is 213 cm³/mol. The molecule has 12 nitrogen and oxygen atoms in total. The Morgan fingerprint density at radius 2 is 1.70 bits per heavy atom. The van der Waals surface area contributed by atoms with Crippen LogP contribution in [0.1, 0.15) is 56.4 Å². The molecule has 0 aromatic heterocycles. The Balaban J connectivity index is 1.54. The molecule has 1 aliphatic heterocycles. The van der Waals surface area contributed by atoms with Crippen molar-refractivity contribution in [1.29, 1.82) is 0 Å². The van der Waals surface area contributed by atoms with Crippen LogP contribution in [0.5, 0.6) is 17.2 Å². The number of allylic oxidation sites excluding steroid dienone is 1. The smallest absolute Gasteiger partial charge is 0.410 e. The molecule has 56 heavy (non-hydrogen) atoms. The molecule has 6 rings (SSSR count). The Labute approximate surface area is 329 Å². The fourth-order valence-corrected chi connectivity index (χ4v) is 9.01. The second-order valence-corrected chi connectivity index (χ2v) is 14.6. The van der Waals surface area contributed by atoms with Gasteiger partial charge < -0.3 is 43.8 Å². The van der Waals surface area contributed by atoms with Gasteiger partial charge in [-0.15, -0.1) is 6.58 Å². The van der Waals surface area contributed by atoms with E-state index in [0.29, 0.717) is 35.8 Å². The van der Waals surface area contributed by atoms with Gasteiger partial charge in [-0.25, -0.2) is 4.79 Å². The van der Waals surface area contributed by atoms with E-state index in [2.05, 4.69) is 36.0 Å². The molecule has 0 bridgehead atoms. The first-order valence-electron chi connectivity index (χ1n) is 19.7. The molecule has 2 aliphatic carbocycles. The third kappa shape index (κ3) is 8.74. The van der Waals surface area contributed by atoms with Crippen molar-refractivity contribution in [2.24, 2.45) is 22.9 Å². The zero-order valence-corrected chi connectivity index (χ0v) is 32.5. The average Bonchev–Trinajstić information content (AvgIpc) is 3.22. The van der Waals surface area contributed by atoms with Crippen molar-refractivity contribution in [3.05, 3.63) is 90.5 Å². The molecule has 1 heterocycles. The maximum Gasteiger partial charge on any atom is 0.410 e. The normalized spacial score (nSPS) is 24.4. The molecule has 1 saturated carbocycles. The van der Waals surface area contributed by atoms with Crippen LogP contribution in [0.4, 0.5) is 4.79 Å². The van der Waals surface area contributed by atoms with Crippen LogP contribution >= 0.6 is 0 Å². The summed E-state index contributed by atoms with van der Waals surface area (Å²) in [5.41, 5.74) is 2.55. The van der Waals surface area contributed by atoms with E-state index in [0.717, 1.165) is 47.6 Å². The van der Waals surface area contributed by atoms with Crippen molar-refractivity contribution in [2.45, 2.75) is 62.7 Å². The number of carbonyl (C=O) groups excluding carboxylic acids is 1. The minimum Gasteiger partial charge on any atom is -0.459 e. The van der Waals surface area contributed by atoms with Crippen molar-refractivity contribution < 1.29 is 48.6 Å². The number of benzene rings is 3. The Morgan fingerprint density at radius 1 is 0.946 bits per heavy atom. The number of carbonyl (C=O) groups is 1. The molecule has 6 unspecified atom stereocenters. The first kappa shape index (κ1) is 41.2. The summed E-state index contributed by atoms with van der Waals surface area (Å²) in [5, 5.41) is 35.9. The number of aliphatic hydroxyl groups is 3. The molecular weight excluding hydrogens is 716 g/mol. The molecule has 1 amide bonds. The van der Waals surface area contributed by atoms with Crippen molar-refractivity contribution >= 4 is 22.6 Å². The van der Waals surface area contributed by atoms with Crippen LogP contribution in [0.3, 0.4) is 0 Å². The number of oxime groups is 1. The molecule has 0 radical (unpaired) electrons. The molecule has 1 fully saturated rings.